The van der Waals surface area contributed by atoms with Crippen LogP contribution in [0.3, 0.4) is 0 Å². The molecular weight excluding hydrogens is 196 g/mol. The second kappa shape index (κ2) is 6.39. The molecule has 1 aromatic carbocycles. The van der Waals surface area contributed by atoms with Crippen molar-refractivity contribution in [3.8, 4) is 0 Å². The van der Waals surface area contributed by atoms with E-state index in [4.69, 9.17) is 11.6 Å². The first-order chi connectivity index (χ1) is 6.83. The van der Waals surface area contributed by atoms with Gasteiger partial charge in [0.25, 0.3) is 0 Å². The molecule has 0 unspecified atom stereocenters. The molecule has 1 rings (SSSR count). The Morgan fingerprint density at radius 2 is 1.93 bits per heavy atom. The molecule has 0 N–H and O–H groups in total. The predicted molar refractivity (Wildman–Crippen MR) is 59.2 cm³/mol. The highest BCUT2D eigenvalue weighted by Gasteiger charge is 1.89. The molecule has 0 fully saturated rings. The number of carbonyl (C=O) groups excluding carboxylic acids is 1. The van der Waals surface area contributed by atoms with Gasteiger partial charge in [-0.15, -0.1) is 0 Å². The average molecular weight is 208 g/mol. The molecule has 0 saturated carbocycles. The van der Waals surface area contributed by atoms with Crippen molar-refractivity contribution in [3.05, 3.63) is 47.0 Å². The summed E-state index contributed by atoms with van der Waals surface area (Å²) in [6.45, 7) is 0. The Morgan fingerprint density at radius 1 is 1.21 bits per heavy atom. The number of hydrogen-bond donors (Lipinski definition) is 0. The third-order valence-corrected chi connectivity index (χ3v) is 2.10. The summed E-state index contributed by atoms with van der Waals surface area (Å²) in [4.78, 5) is 9.90. The normalized spacial score (nSPS) is 10.6. The summed E-state index contributed by atoms with van der Waals surface area (Å²) >= 11 is 5.75. The molecule has 0 heterocycles. The monoisotopic (exact) mass is 207 g/mol. The van der Waals surface area contributed by atoms with Crippen LogP contribution in [-0.2, 0) is 11.2 Å². The number of benzene rings is 1. The van der Waals surface area contributed by atoms with Crippen LogP contribution < -0.4 is 0 Å². The van der Waals surface area contributed by atoms with Gasteiger partial charge in [-0.25, -0.2) is 0 Å². The average Bonchev–Trinajstić information content (AvgIpc) is 2.21. The van der Waals surface area contributed by atoms with Crippen molar-refractivity contribution in [1.82, 2.24) is 0 Å². The zero-order valence-corrected chi connectivity index (χ0v) is 8.63. The largest absolute Gasteiger partial charge is 0.291 e. The zero-order valence-electron chi connectivity index (χ0n) is 7.87. The van der Waals surface area contributed by atoms with Gasteiger partial charge in [0, 0.05) is 11.4 Å². The number of halogens is 1. The van der Waals surface area contributed by atoms with Crippen LogP contribution in [0.5, 0.6) is 0 Å². The van der Waals surface area contributed by atoms with Crippen LogP contribution in [0, 0.1) is 0 Å². The van der Waals surface area contributed by atoms with Crippen molar-refractivity contribution >= 4 is 17.9 Å². The Balaban J connectivity index is 2.34. The minimum absolute atomic E-state index is 0.483. The van der Waals surface area contributed by atoms with E-state index in [9.17, 15) is 4.79 Å². The molecule has 1 radical (unpaired) electrons. The van der Waals surface area contributed by atoms with Crippen molar-refractivity contribution in [2.75, 3.05) is 0 Å². The Morgan fingerprint density at radius 3 is 2.57 bits per heavy atom. The summed E-state index contributed by atoms with van der Waals surface area (Å²) in [5.41, 5.74) is 1.22. The molecular formula is C12H12ClO. The second-order valence-corrected chi connectivity index (χ2v) is 3.42. The quantitative estimate of drug-likeness (QED) is 0.535. The molecule has 14 heavy (non-hydrogen) atoms. The van der Waals surface area contributed by atoms with Gasteiger partial charge in [0.1, 0.15) is 0 Å². The fourth-order valence-electron chi connectivity index (χ4n) is 1.10. The smallest absolute Gasteiger partial charge is 0.198 e. The van der Waals surface area contributed by atoms with Gasteiger partial charge in [0.15, 0.2) is 6.29 Å². The number of allylic oxidation sites excluding steroid dienone is 2. The molecule has 0 aliphatic rings. The summed E-state index contributed by atoms with van der Waals surface area (Å²) in [5, 5.41) is 0.758. The Hall–Kier alpha value is -1.08. The minimum atomic E-state index is 0.483. The van der Waals surface area contributed by atoms with Crippen LogP contribution in [0.15, 0.2) is 36.4 Å². The summed E-state index contributed by atoms with van der Waals surface area (Å²) in [5.74, 6) is 0. The highest BCUT2D eigenvalue weighted by atomic mass is 35.5. The standard InChI is InChI=1S/C12H12ClO/c13-12-8-6-11(7-9-12)5-3-1-2-4-10-14/h1,3,6-9H,2,4-5H2/b3-1+. The van der Waals surface area contributed by atoms with E-state index in [-0.39, 0.29) is 0 Å². The fourth-order valence-corrected chi connectivity index (χ4v) is 1.23. The molecule has 0 saturated heterocycles. The first-order valence-corrected chi connectivity index (χ1v) is 4.95. The molecule has 73 valence electrons. The lowest BCUT2D eigenvalue weighted by molar-refractivity contribution is 0.552. The predicted octanol–water partition coefficient (Wildman–Crippen LogP) is 3.33. The van der Waals surface area contributed by atoms with Gasteiger partial charge < -0.3 is 0 Å². The molecule has 0 aliphatic heterocycles. The summed E-state index contributed by atoms with van der Waals surface area (Å²) in [7, 11) is 0. The van der Waals surface area contributed by atoms with E-state index < -0.39 is 0 Å². The van der Waals surface area contributed by atoms with Gasteiger partial charge in [-0.3, -0.25) is 4.79 Å². The van der Waals surface area contributed by atoms with Gasteiger partial charge >= 0.3 is 0 Å². The SMILES string of the molecule is O=[C]CC/C=C/Cc1ccc(Cl)cc1. The maximum Gasteiger partial charge on any atom is 0.198 e. The maximum absolute atomic E-state index is 9.90. The third kappa shape index (κ3) is 4.24. The van der Waals surface area contributed by atoms with Gasteiger partial charge in [-0.2, -0.15) is 0 Å². The Kier molecular flexibility index (Phi) is 5.02. The molecule has 0 bridgehead atoms. The number of unbranched alkanes of at least 4 members (excludes halogenated alkanes) is 1. The van der Waals surface area contributed by atoms with E-state index in [0.717, 1.165) is 17.9 Å². The highest BCUT2D eigenvalue weighted by molar-refractivity contribution is 6.30. The summed E-state index contributed by atoms with van der Waals surface area (Å²) in [6.07, 6.45) is 8.05. The highest BCUT2D eigenvalue weighted by Crippen LogP contribution is 2.10. The molecule has 1 nitrogen and oxygen atoms in total. The van der Waals surface area contributed by atoms with Crippen molar-refractivity contribution < 1.29 is 4.79 Å². The summed E-state index contributed by atoms with van der Waals surface area (Å²) in [6, 6.07) is 7.75. The van der Waals surface area contributed by atoms with Crippen LogP contribution >= 0.6 is 11.6 Å². The Labute approximate surface area is 89.4 Å². The van der Waals surface area contributed by atoms with E-state index in [2.05, 4.69) is 6.08 Å². The molecule has 0 spiro atoms. The van der Waals surface area contributed by atoms with E-state index >= 15 is 0 Å². The van der Waals surface area contributed by atoms with Crippen LogP contribution in [-0.4, -0.2) is 6.29 Å². The molecule has 2 heteroatoms. The minimum Gasteiger partial charge on any atom is -0.291 e. The third-order valence-electron chi connectivity index (χ3n) is 1.85. The van der Waals surface area contributed by atoms with Crippen molar-refractivity contribution in [3.63, 3.8) is 0 Å². The molecule has 0 amide bonds. The van der Waals surface area contributed by atoms with Crippen LogP contribution in [0.25, 0.3) is 0 Å². The van der Waals surface area contributed by atoms with Gasteiger partial charge in [0.2, 0.25) is 0 Å². The lowest BCUT2D eigenvalue weighted by Gasteiger charge is -1.95. The second-order valence-electron chi connectivity index (χ2n) is 2.99. The van der Waals surface area contributed by atoms with E-state index in [0.29, 0.717) is 6.42 Å². The van der Waals surface area contributed by atoms with Crippen molar-refractivity contribution in [2.24, 2.45) is 0 Å². The summed E-state index contributed by atoms with van der Waals surface area (Å²) < 4.78 is 0. The van der Waals surface area contributed by atoms with E-state index in [1.165, 1.54) is 5.56 Å². The fraction of sp³-hybridized carbons (Fsp3) is 0.250. The van der Waals surface area contributed by atoms with Crippen LogP contribution in [0.1, 0.15) is 18.4 Å². The van der Waals surface area contributed by atoms with Crippen molar-refractivity contribution in [2.45, 2.75) is 19.3 Å². The van der Waals surface area contributed by atoms with E-state index in [1.807, 2.05) is 36.6 Å². The maximum atomic E-state index is 9.90. The lowest BCUT2D eigenvalue weighted by atomic mass is 10.1. The Bertz CT molecular complexity index is 301. The van der Waals surface area contributed by atoms with Crippen LogP contribution in [0.2, 0.25) is 5.02 Å². The molecule has 0 aliphatic carbocycles. The molecule has 1 aromatic rings. The van der Waals surface area contributed by atoms with Crippen LogP contribution in [0.4, 0.5) is 0 Å². The number of rotatable bonds is 5. The topological polar surface area (TPSA) is 17.1 Å². The first-order valence-electron chi connectivity index (χ1n) is 4.57. The van der Waals surface area contributed by atoms with Crippen molar-refractivity contribution in [1.29, 1.82) is 0 Å². The molecule has 0 atom stereocenters. The zero-order chi connectivity index (χ0) is 10.2. The van der Waals surface area contributed by atoms with E-state index in [1.54, 1.807) is 0 Å². The van der Waals surface area contributed by atoms with Gasteiger partial charge in [-0.05, 0) is 30.5 Å². The number of hydrogen-bond acceptors (Lipinski definition) is 1. The van der Waals surface area contributed by atoms with Gasteiger partial charge in [-0.1, -0.05) is 35.9 Å². The first kappa shape index (κ1) is 11.0. The lowest BCUT2D eigenvalue weighted by Crippen LogP contribution is -1.79. The van der Waals surface area contributed by atoms with Gasteiger partial charge in [0.05, 0.1) is 0 Å². The molecule has 0 aromatic heterocycles.